The average Bonchev–Trinajstić information content (AvgIpc) is 2.73. The molecule has 1 unspecified atom stereocenters. The Morgan fingerprint density at radius 3 is 2.07 bits per heavy atom. The summed E-state index contributed by atoms with van der Waals surface area (Å²) in [4.78, 5) is 11.8. The van der Waals surface area contributed by atoms with Crippen LogP contribution in [-0.4, -0.2) is 37.0 Å². The Labute approximate surface area is 180 Å². The Hall–Kier alpha value is -0.870. The Morgan fingerprint density at radius 2 is 1.38 bits per heavy atom. The number of carbonyl (C=O) groups is 1. The van der Waals surface area contributed by atoms with Crippen molar-refractivity contribution < 1.29 is 19.4 Å². The minimum absolute atomic E-state index is 0.172. The van der Waals surface area contributed by atoms with Gasteiger partial charge in [0, 0.05) is 13.0 Å². The molecule has 4 heteroatoms. The molecule has 0 aliphatic rings. The Morgan fingerprint density at radius 1 is 0.793 bits per heavy atom. The van der Waals surface area contributed by atoms with Crippen molar-refractivity contribution in [1.82, 2.24) is 0 Å². The van der Waals surface area contributed by atoms with Gasteiger partial charge in [-0.2, -0.15) is 0 Å². The maximum absolute atomic E-state index is 11.8. The average molecular weight is 413 g/mol. The zero-order chi connectivity index (χ0) is 21.4. The van der Waals surface area contributed by atoms with Crippen molar-refractivity contribution in [3.63, 3.8) is 0 Å². The van der Waals surface area contributed by atoms with Gasteiger partial charge in [-0.1, -0.05) is 90.2 Å². The zero-order valence-corrected chi connectivity index (χ0v) is 19.3. The van der Waals surface area contributed by atoms with E-state index in [-0.39, 0.29) is 12.6 Å². The lowest BCUT2D eigenvalue weighted by molar-refractivity contribution is -0.154. The van der Waals surface area contributed by atoms with Gasteiger partial charge in [-0.05, 0) is 32.1 Å². The fourth-order valence-corrected chi connectivity index (χ4v) is 3.19. The van der Waals surface area contributed by atoms with Crippen molar-refractivity contribution in [3.05, 3.63) is 12.2 Å². The highest BCUT2D eigenvalue weighted by Gasteiger charge is 2.13. The molecule has 1 N–H and O–H groups in total. The summed E-state index contributed by atoms with van der Waals surface area (Å²) < 4.78 is 10.9. The van der Waals surface area contributed by atoms with Crippen LogP contribution in [0, 0.1) is 0 Å². The van der Waals surface area contributed by atoms with Gasteiger partial charge in [0.25, 0.3) is 0 Å². The van der Waals surface area contributed by atoms with Crippen LogP contribution in [-0.2, 0) is 14.3 Å². The third-order valence-electron chi connectivity index (χ3n) is 5.09. The number of aliphatic hydroxyl groups is 1. The van der Waals surface area contributed by atoms with Crippen LogP contribution in [0.5, 0.6) is 0 Å². The number of hydrogen-bond acceptors (Lipinski definition) is 4. The number of ether oxygens (including phenoxy) is 2. The standard InChI is InChI=1S/C25H48O4/c1-3-5-7-9-10-11-12-13-14-15-17-19-21-28-23-24(22-26)29-25(27)20-18-16-8-6-4-2/h9-10,24,26H,3-8,11-23H2,1-2H3/b10-9-. The minimum atomic E-state index is -0.525. The van der Waals surface area contributed by atoms with Crippen LogP contribution >= 0.6 is 0 Å². The van der Waals surface area contributed by atoms with E-state index in [0.717, 1.165) is 19.3 Å². The highest BCUT2D eigenvalue weighted by Crippen LogP contribution is 2.09. The smallest absolute Gasteiger partial charge is 0.306 e. The SMILES string of the molecule is CCCC/C=C\CCCCCCCCOCC(CO)OC(=O)CCCCCCC. The lowest BCUT2D eigenvalue weighted by Gasteiger charge is -2.15. The quantitative estimate of drug-likeness (QED) is 0.121. The molecule has 0 aromatic heterocycles. The van der Waals surface area contributed by atoms with E-state index in [9.17, 15) is 9.90 Å². The van der Waals surface area contributed by atoms with Gasteiger partial charge < -0.3 is 14.6 Å². The van der Waals surface area contributed by atoms with Crippen molar-refractivity contribution >= 4 is 5.97 Å². The molecule has 0 bridgehead atoms. The first-order valence-corrected chi connectivity index (χ1v) is 12.3. The third kappa shape index (κ3) is 21.7. The van der Waals surface area contributed by atoms with Crippen molar-refractivity contribution in [3.8, 4) is 0 Å². The summed E-state index contributed by atoms with van der Waals surface area (Å²) in [6.07, 6.45) is 22.5. The third-order valence-corrected chi connectivity index (χ3v) is 5.09. The predicted molar refractivity (Wildman–Crippen MR) is 122 cm³/mol. The largest absolute Gasteiger partial charge is 0.457 e. The number of aliphatic hydroxyl groups excluding tert-OH is 1. The lowest BCUT2D eigenvalue weighted by Crippen LogP contribution is -2.27. The molecule has 0 fully saturated rings. The topological polar surface area (TPSA) is 55.8 Å². The summed E-state index contributed by atoms with van der Waals surface area (Å²) in [5.41, 5.74) is 0. The highest BCUT2D eigenvalue weighted by molar-refractivity contribution is 5.69. The number of carbonyl (C=O) groups excluding carboxylic acids is 1. The maximum Gasteiger partial charge on any atom is 0.306 e. The van der Waals surface area contributed by atoms with Gasteiger partial charge in [0.05, 0.1) is 13.2 Å². The van der Waals surface area contributed by atoms with Crippen LogP contribution in [0.4, 0.5) is 0 Å². The molecule has 0 radical (unpaired) electrons. The molecule has 0 heterocycles. The molecule has 172 valence electrons. The zero-order valence-electron chi connectivity index (χ0n) is 19.3. The molecule has 1 atom stereocenters. The van der Waals surface area contributed by atoms with Crippen molar-refractivity contribution in [1.29, 1.82) is 0 Å². The van der Waals surface area contributed by atoms with E-state index >= 15 is 0 Å². The van der Waals surface area contributed by atoms with E-state index in [1.54, 1.807) is 0 Å². The number of hydrogen-bond donors (Lipinski definition) is 1. The molecular formula is C25H48O4. The van der Waals surface area contributed by atoms with Gasteiger partial charge >= 0.3 is 5.97 Å². The maximum atomic E-state index is 11.8. The molecule has 0 saturated carbocycles. The second kappa shape index (κ2) is 23.4. The van der Waals surface area contributed by atoms with E-state index in [4.69, 9.17) is 9.47 Å². The Bertz CT molecular complexity index is 368. The second-order valence-corrected chi connectivity index (χ2v) is 8.06. The summed E-state index contributed by atoms with van der Waals surface area (Å²) in [5.74, 6) is -0.218. The fourth-order valence-electron chi connectivity index (χ4n) is 3.19. The molecule has 0 saturated heterocycles. The molecule has 29 heavy (non-hydrogen) atoms. The number of unbranched alkanes of at least 4 members (excludes halogenated alkanes) is 12. The summed E-state index contributed by atoms with van der Waals surface area (Å²) >= 11 is 0. The Kier molecular flexibility index (Phi) is 22.7. The monoisotopic (exact) mass is 412 g/mol. The second-order valence-electron chi connectivity index (χ2n) is 8.06. The van der Waals surface area contributed by atoms with E-state index in [1.807, 2.05) is 0 Å². The molecule has 0 rings (SSSR count). The summed E-state index contributed by atoms with van der Waals surface area (Å²) in [6.45, 7) is 5.20. The van der Waals surface area contributed by atoms with Gasteiger partial charge in [-0.15, -0.1) is 0 Å². The first-order valence-electron chi connectivity index (χ1n) is 12.3. The van der Waals surface area contributed by atoms with Crippen LogP contribution < -0.4 is 0 Å². The number of esters is 1. The van der Waals surface area contributed by atoms with Crippen molar-refractivity contribution in [2.24, 2.45) is 0 Å². The molecule has 4 nitrogen and oxygen atoms in total. The van der Waals surface area contributed by atoms with E-state index in [1.165, 1.54) is 77.0 Å². The predicted octanol–water partition coefficient (Wildman–Crippen LogP) is 6.74. The minimum Gasteiger partial charge on any atom is -0.457 e. The van der Waals surface area contributed by atoms with Gasteiger partial charge in [-0.3, -0.25) is 4.79 Å². The first-order chi connectivity index (χ1) is 14.2. The highest BCUT2D eigenvalue weighted by atomic mass is 16.6. The normalized spacial score (nSPS) is 12.5. The van der Waals surface area contributed by atoms with E-state index in [0.29, 0.717) is 19.6 Å². The van der Waals surface area contributed by atoms with Crippen LogP contribution in [0.1, 0.15) is 117 Å². The Balaban J connectivity index is 3.44. The fraction of sp³-hybridized carbons (Fsp3) is 0.880. The molecule has 0 aliphatic carbocycles. The molecule has 0 aromatic carbocycles. The molecular weight excluding hydrogens is 364 g/mol. The van der Waals surface area contributed by atoms with Crippen LogP contribution in [0.2, 0.25) is 0 Å². The summed E-state index contributed by atoms with van der Waals surface area (Å²) in [6, 6.07) is 0. The summed E-state index contributed by atoms with van der Waals surface area (Å²) in [5, 5.41) is 9.36. The summed E-state index contributed by atoms with van der Waals surface area (Å²) in [7, 11) is 0. The van der Waals surface area contributed by atoms with Crippen LogP contribution in [0.15, 0.2) is 12.2 Å². The van der Waals surface area contributed by atoms with Gasteiger partial charge in [0.1, 0.15) is 6.10 Å². The van der Waals surface area contributed by atoms with Crippen molar-refractivity contribution in [2.75, 3.05) is 19.8 Å². The van der Waals surface area contributed by atoms with Crippen LogP contribution in [0.3, 0.4) is 0 Å². The molecule has 0 aliphatic heterocycles. The number of allylic oxidation sites excluding steroid dienone is 2. The van der Waals surface area contributed by atoms with E-state index < -0.39 is 6.10 Å². The molecule has 0 aromatic rings. The van der Waals surface area contributed by atoms with Gasteiger partial charge in [0.2, 0.25) is 0 Å². The van der Waals surface area contributed by atoms with Crippen molar-refractivity contribution in [2.45, 2.75) is 123 Å². The van der Waals surface area contributed by atoms with E-state index in [2.05, 4.69) is 26.0 Å². The van der Waals surface area contributed by atoms with Gasteiger partial charge in [-0.25, -0.2) is 0 Å². The van der Waals surface area contributed by atoms with Gasteiger partial charge in [0.15, 0.2) is 0 Å². The van der Waals surface area contributed by atoms with Crippen LogP contribution in [0.25, 0.3) is 0 Å². The molecule has 0 spiro atoms. The lowest BCUT2D eigenvalue weighted by atomic mass is 10.1. The number of rotatable bonds is 22. The first kappa shape index (κ1) is 28.1. The molecule has 0 amide bonds.